The number of nitrogen functional groups attached to an aromatic ring is 1. The quantitative estimate of drug-likeness (QED) is 0.816. The first kappa shape index (κ1) is 15.2. The maximum Gasteiger partial charge on any atom is 0.309 e. The number of hydrogen-bond acceptors (Lipinski definition) is 7. The molecule has 0 aliphatic heterocycles. The molecule has 0 radical (unpaired) electrons. The number of carbonyl (C=O) groups excluding carboxylic acids is 1. The minimum absolute atomic E-state index is 0.00263. The number of anilines is 3. The molecular weight excluding hydrogens is 294 g/mol. The molecule has 0 spiro atoms. The molecule has 1 aliphatic carbocycles. The third kappa shape index (κ3) is 3.94. The van der Waals surface area contributed by atoms with Crippen molar-refractivity contribution in [2.45, 2.75) is 26.9 Å². The van der Waals surface area contributed by atoms with Crippen molar-refractivity contribution >= 4 is 23.6 Å². The molecule has 0 bridgehead atoms. The van der Waals surface area contributed by atoms with Crippen LogP contribution in [0, 0.1) is 18.8 Å². The van der Waals surface area contributed by atoms with Gasteiger partial charge in [0.2, 0.25) is 11.9 Å². The highest BCUT2D eigenvalue weighted by Gasteiger charge is 2.40. The van der Waals surface area contributed by atoms with E-state index in [4.69, 9.17) is 10.5 Å². The summed E-state index contributed by atoms with van der Waals surface area (Å²) in [6, 6.07) is 7.80. The minimum Gasteiger partial charge on any atom is -0.457 e. The topological polar surface area (TPSA) is 103 Å². The molecule has 23 heavy (non-hydrogen) atoms. The first-order chi connectivity index (χ1) is 11.0. The van der Waals surface area contributed by atoms with Gasteiger partial charge in [0.05, 0.1) is 5.92 Å². The van der Waals surface area contributed by atoms with Crippen molar-refractivity contribution in [1.29, 1.82) is 0 Å². The van der Waals surface area contributed by atoms with Crippen LogP contribution in [0.5, 0.6) is 0 Å². The molecule has 3 N–H and O–H groups in total. The summed E-state index contributed by atoms with van der Waals surface area (Å²) in [4.78, 5) is 24.0. The average molecular weight is 313 g/mol. The highest BCUT2D eigenvalue weighted by Crippen LogP contribution is 2.38. The molecular formula is C16H19N5O2. The van der Waals surface area contributed by atoms with Crippen LogP contribution in [0.25, 0.3) is 0 Å². The lowest BCUT2D eigenvalue weighted by Crippen LogP contribution is -2.12. The maximum absolute atomic E-state index is 11.7. The van der Waals surface area contributed by atoms with Crippen molar-refractivity contribution in [3.05, 3.63) is 35.7 Å². The number of esters is 1. The Hall–Kier alpha value is -2.70. The molecule has 1 fully saturated rings. The van der Waals surface area contributed by atoms with Crippen LogP contribution >= 0.6 is 0 Å². The number of rotatable bonds is 5. The molecule has 1 aliphatic rings. The Kier molecular flexibility index (Phi) is 4.10. The predicted octanol–water partition coefficient (Wildman–Crippen LogP) is 2.21. The summed E-state index contributed by atoms with van der Waals surface area (Å²) in [7, 11) is 0. The molecule has 2 atom stereocenters. The van der Waals surface area contributed by atoms with Gasteiger partial charge in [-0.3, -0.25) is 4.79 Å². The molecule has 3 rings (SSSR count). The first-order valence-corrected chi connectivity index (χ1v) is 7.52. The second-order valence-electron chi connectivity index (χ2n) is 5.85. The fraction of sp³-hybridized carbons (Fsp3) is 0.375. The smallest absolute Gasteiger partial charge is 0.309 e. The fourth-order valence-corrected chi connectivity index (χ4v) is 2.22. The van der Waals surface area contributed by atoms with E-state index in [2.05, 4.69) is 20.3 Å². The number of nitrogens with zero attached hydrogens (tertiary/aromatic N) is 3. The number of benzene rings is 1. The normalized spacial score (nSPS) is 19.2. The minimum atomic E-state index is -0.204. The standard InChI is InChI=1S/C16H19N5O2/c1-9-3-5-11(6-4-9)18-16-20-13(19-15(17)21-16)8-23-14(22)12-7-10(12)2/h3-6,10,12H,7-8H2,1-2H3,(H3,17,18,19,20,21)/t10-,12+/m1/s1. The van der Waals surface area contributed by atoms with Gasteiger partial charge in [-0.25, -0.2) is 0 Å². The Morgan fingerprint density at radius 3 is 2.65 bits per heavy atom. The molecule has 0 amide bonds. The summed E-state index contributed by atoms with van der Waals surface area (Å²) >= 11 is 0. The van der Waals surface area contributed by atoms with Gasteiger partial charge in [0.25, 0.3) is 0 Å². The van der Waals surface area contributed by atoms with Crippen molar-refractivity contribution in [3.8, 4) is 0 Å². The Bertz CT molecular complexity index is 717. The third-order valence-corrected chi connectivity index (χ3v) is 3.76. The number of hydrogen-bond donors (Lipinski definition) is 2. The molecule has 7 nitrogen and oxygen atoms in total. The van der Waals surface area contributed by atoms with Gasteiger partial charge in [-0.05, 0) is 31.4 Å². The third-order valence-electron chi connectivity index (χ3n) is 3.76. The highest BCUT2D eigenvalue weighted by molar-refractivity contribution is 5.75. The van der Waals surface area contributed by atoms with Crippen molar-refractivity contribution in [1.82, 2.24) is 15.0 Å². The van der Waals surface area contributed by atoms with E-state index in [0.717, 1.165) is 17.7 Å². The van der Waals surface area contributed by atoms with Gasteiger partial charge in [0.1, 0.15) is 0 Å². The summed E-state index contributed by atoms with van der Waals surface area (Å²) in [5.74, 6) is 0.954. The van der Waals surface area contributed by atoms with Crippen molar-refractivity contribution in [2.75, 3.05) is 11.1 Å². The van der Waals surface area contributed by atoms with E-state index in [0.29, 0.717) is 17.7 Å². The van der Waals surface area contributed by atoms with E-state index in [-0.39, 0.29) is 24.4 Å². The fourth-order valence-electron chi connectivity index (χ4n) is 2.22. The van der Waals surface area contributed by atoms with Gasteiger partial charge >= 0.3 is 5.97 Å². The van der Waals surface area contributed by atoms with Crippen LogP contribution < -0.4 is 11.1 Å². The molecule has 1 aromatic heterocycles. The Balaban J connectivity index is 1.66. The van der Waals surface area contributed by atoms with Crippen LogP contribution in [0.4, 0.5) is 17.6 Å². The summed E-state index contributed by atoms with van der Waals surface area (Å²) < 4.78 is 5.22. The van der Waals surface area contributed by atoms with E-state index in [1.807, 2.05) is 38.1 Å². The lowest BCUT2D eigenvalue weighted by molar-refractivity contribution is -0.147. The lowest BCUT2D eigenvalue weighted by atomic mass is 10.2. The van der Waals surface area contributed by atoms with E-state index < -0.39 is 0 Å². The lowest BCUT2D eigenvalue weighted by Gasteiger charge is -2.08. The number of nitrogens with two attached hydrogens (primary N) is 1. The summed E-state index contributed by atoms with van der Waals surface area (Å²) in [6.45, 7) is 4.03. The molecule has 0 unspecified atom stereocenters. The zero-order chi connectivity index (χ0) is 16.4. The van der Waals surface area contributed by atoms with E-state index >= 15 is 0 Å². The van der Waals surface area contributed by atoms with Crippen molar-refractivity contribution in [2.24, 2.45) is 11.8 Å². The van der Waals surface area contributed by atoms with Gasteiger partial charge in [-0.2, -0.15) is 15.0 Å². The Morgan fingerprint density at radius 2 is 2.00 bits per heavy atom. The van der Waals surface area contributed by atoms with E-state index in [9.17, 15) is 4.79 Å². The van der Waals surface area contributed by atoms with E-state index in [1.165, 1.54) is 0 Å². The monoisotopic (exact) mass is 313 g/mol. The molecule has 120 valence electrons. The number of carbonyl (C=O) groups is 1. The van der Waals surface area contributed by atoms with Crippen LogP contribution in [-0.2, 0) is 16.1 Å². The average Bonchev–Trinajstić information content (AvgIpc) is 3.24. The number of aryl methyl sites for hydroxylation is 1. The molecule has 0 saturated heterocycles. The Morgan fingerprint density at radius 1 is 1.30 bits per heavy atom. The van der Waals surface area contributed by atoms with E-state index in [1.54, 1.807) is 0 Å². The number of nitrogens with one attached hydrogen (secondary N) is 1. The largest absolute Gasteiger partial charge is 0.457 e. The molecule has 1 aromatic carbocycles. The number of aromatic nitrogens is 3. The van der Waals surface area contributed by atoms with Crippen LogP contribution in [0.1, 0.15) is 24.7 Å². The molecule has 7 heteroatoms. The molecule has 2 aromatic rings. The SMILES string of the molecule is Cc1ccc(Nc2nc(N)nc(COC(=O)[C@H]3C[C@H]3C)n2)cc1. The zero-order valence-electron chi connectivity index (χ0n) is 13.1. The second kappa shape index (κ2) is 6.20. The maximum atomic E-state index is 11.7. The van der Waals surface area contributed by atoms with Gasteiger partial charge in [0.15, 0.2) is 12.4 Å². The summed E-state index contributed by atoms with van der Waals surface area (Å²) in [5, 5.41) is 3.06. The number of ether oxygens (including phenoxy) is 1. The van der Waals surface area contributed by atoms with Gasteiger partial charge in [-0.15, -0.1) is 0 Å². The predicted molar refractivity (Wildman–Crippen MR) is 85.8 cm³/mol. The summed E-state index contributed by atoms with van der Waals surface area (Å²) in [6.07, 6.45) is 0.887. The molecule has 1 saturated carbocycles. The van der Waals surface area contributed by atoms with Crippen LogP contribution in [0.15, 0.2) is 24.3 Å². The van der Waals surface area contributed by atoms with Crippen LogP contribution in [0.2, 0.25) is 0 Å². The second-order valence-corrected chi connectivity index (χ2v) is 5.85. The first-order valence-electron chi connectivity index (χ1n) is 7.52. The van der Waals surface area contributed by atoms with Crippen molar-refractivity contribution < 1.29 is 9.53 Å². The van der Waals surface area contributed by atoms with Crippen LogP contribution in [0.3, 0.4) is 0 Å². The zero-order valence-corrected chi connectivity index (χ0v) is 13.1. The van der Waals surface area contributed by atoms with Crippen LogP contribution in [-0.4, -0.2) is 20.9 Å². The van der Waals surface area contributed by atoms with Gasteiger partial charge in [-0.1, -0.05) is 24.6 Å². The summed E-state index contributed by atoms with van der Waals surface area (Å²) in [5.41, 5.74) is 7.70. The van der Waals surface area contributed by atoms with Gasteiger partial charge < -0.3 is 15.8 Å². The Labute approximate surface area is 134 Å². The van der Waals surface area contributed by atoms with Gasteiger partial charge in [0, 0.05) is 5.69 Å². The van der Waals surface area contributed by atoms with Crippen molar-refractivity contribution in [3.63, 3.8) is 0 Å². The molecule has 1 heterocycles. The highest BCUT2D eigenvalue weighted by atomic mass is 16.5.